The third-order valence-electron chi connectivity index (χ3n) is 7.37. The van der Waals surface area contributed by atoms with Gasteiger partial charge in [0.15, 0.2) is 17.3 Å². The number of unbranched alkanes of at least 4 members (excludes halogenated alkanes) is 13. The minimum absolute atomic E-state index is 0.167. The molecular weight excluding hydrogens is 565 g/mol. The van der Waals surface area contributed by atoms with Gasteiger partial charge in [0.25, 0.3) is 0 Å². The van der Waals surface area contributed by atoms with Crippen molar-refractivity contribution in [1.29, 1.82) is 0 Å². The zero-order chi connectivity index (χ0) is 29.4. The van der Waals surface area contributed by atoms with Crippen LogP contribution in [0.5, 0.6) is 0 Å². The largest absolute Gasteiger partial charge is 0.382 e. The highest BCUT2D eigenvalue weighted by atomic mass is 32.2. The van der Waals surface area contributed by atoms with E-state index in [4.69, 9.17) is 35.7 Å². The van der Waals surface area contributed by atoms with Crippen molar-refractivity contribution in [2.75, 3.05) is 5.73 Å². The van der Waals surface area contributed by atoms with Crippen LogP contribution in [0.2, 0.25) is 0 Å². The molecule has 4 N–H and O–H groups in total. The van der Waals surface area contributed by atoms with Crippen LogP contribution in [0.25, 0.3) is 11.2 Å². The van der Waals surface area contributed by atoms with Gasteiger partial charge >= 0.3 is 7.60 Å². The maximum Gasteiger partial charge on any atom is 0.354 e. The summed E-state index contributed by atoms with van der Waals surface area (Å²) in [6.45, 7) is 4.34. The molecule has 0 aliphatic carbocycles. The van der Waals surface area contributed by atoms with E-state index in [0.29, 0.717) is 24.1 Å². The van der Waals surface area contributed by atoms with Gasteiger partial charge in [-0.3, -0.25) is 4.57 Å². The maximum absolute atomic E-state index is 12.2. The van der Waals surface area contributed by atoms with E-state index in [-0.39, 0.29) is 12.2 Å². The zero-order valence-corrected chi connectivity index (χ0v) is 27.1. The fourth-order valence-electron chi connectivity index (χ4n) is 5.02. The van der Waals surface area contributed by atoms with Gasteiger partial charge in [-0.05, 0) is 26.2 Å². The number of fused-ring (bicyclic) bond motifs is 1. The molecule has 0 aromatic carbocycles. The number of aromatic nitrogens is 4. The molecule has 2 aromatic rings. The van der Waals surface area contributed by atoms with Crippen molar-refractivity contribution in [1.82, 2.24) is 19.5 Å². The molecule has 0 radical (unpaired) electrons. The lowest BCUT2D eigenvalue weighted by Gasteiger charge is -2.28. The van der Waals surface area contributed by atoms with Gasteiger partial charge in [0, 0.05) is 0 Å². The summed E-state index contributed by atoms with van der Waals surface area (Å²) in [7, 11) is -4.48. The van der Waals surface area contributed by atoms with Crippen LogP contribution >= 0.6 is 32.9 Å². The van der Waals surface area contributed by atoms with Crippen molar-refractivity contribution < 1.29 is 19.1 Å². The van der Waals surface area contributed by atoms with Crippen molar-refractivity contribution in [2.24, 2.45) is 0 Å². The average Bonchev–Trinajstić information content (AvgIpc) is 3.30. The first kappa shape index (κ1) is 35.4. The van der Waals surface area contributed by atoms with E-state index in [0.717, 1.165) is 19.3 Å². The number of hydrogen-bond acceptors (Lipinski definition) is 8. The first-order chi connectivity index (χ1) is 19.0. The van der Waals surface area contributed by atoms with Crippen molar-refractivity contribution in [2.45, 2.75) is 146 Å². The Morgan fingerprint density at radius 1 is 0.925 bits per heavy atom. The Kier molecular flexibility index (Phi) is 16.5. The molecule has 12 heteroatoms. The van der Waals surface area contributed by atoms with E-state index in [1.54, 1.807) is 17.8 Å². The second kappa shape index (κ2) is 18.6. The van der Waals surface area contributed by atoms with Gasteiger partial charge in [-0.25, -0.2) is 15.0 Å². The highest BCUT2D eigenvalue weighted by molar-refractivity contribution is 8.00. The van der Waals surface area contributed by atoms with Crippen LogP contribution in [-0.2, 0) is 15.8 Å². The molecule has 9 nitrogen and oxygen atoms in total. The first-order valence-corrected chi connectivity index (χ1v) is 17.7. The minimum Gasteiger partial charge on any atom is -0.382 e. The Balaban J connectivity index is 1.63. The number of ether oxygens (including phenoxy) is 1. The zero-order valence-electron chi connectivity index (χ0n) is 24.5. The highest BCUT2D eigenvalue weighted by Crippen LogP contribution is 2.46. The van der Waals surface area contributed by atoms with Gasteiger partial charge in [0.1, 0.15) is 11.8 Å². The first-order valence-electron chi connectivity index (χ1n) is 15.1. The van der Waals surface area contributed by atoms with Gasteiger partial charge in [0.2, 0.25) is 0 Å². The second-order valence-electron chi connectivity index (χ2n) is 11.2. The summed E-state index contributed by atoms with van der Waals surface area (Å²) in [5, 5.41) is 0. The average molecular weight is 618 g/mol. The SMILES string of the molecule is CCCCCCCCCCCCCCCCC(S)(S)CC[C@H](O[C@H](C)Cn1cnc2c(N)ncnc21)P(=O)(O)O. The summed E-state index contributed by atoms with van der Waals surface area (Å²) in [6.07, 6.45) is 22.0. The van der Waals surface area contributed by atoms with E-state index in [1.165, 1.54) is 83.4 Å². The lowest BCUT2D eigenvalue weighted by Crippen LogP contribution is -2.26. The molecule has 0 aliphatic rings. The van der Waals surface area contributed by atoms with E-state index in [1.807, 2.05) is 0 Å². The molecule has 0 spiro atoms. The number of imidazole rings is 1. The maximum atomic E-state index is 12.2. The van der Waals surface area contributed by atoms with Crippen LogP contribution in [0, 0.1) is 0 Å². The van der Waals surface area contributed by atoms with Crippen molar-refractivity contribution >= 4 is 49.8 Å². The summed E-state index contributed by atoms with van der Waals surface area (Å²) < 4.78 is 19.2. The molecule has 2 rings (SSSR count). The van der Waals surface area contributed by atoms with E-state index in [9.17, 15) is 14.4 Å². The fraction of sp³-hybridized carbons (Fsp3) is 0.821. The number of nitrogen functional groups attached to an aromatic ring is 1. The lowest BCUT2D eigenvalue weighted by molar-refractivity contribution is 0.0141. The molecule has 0 amide bonds. The molecule has 0 saturated carbocycles. The Morgan fingerprint density at radius 2 is 1.48 bits per heavy atom. The van der Waals surface area contributed by atoms with E-state index < -0.39 is 23.6 Å². The topological polar surface area (TPSA) is 136 Å². The third kappa shape index (κ3) is 13.9. The summed E-state index contributed by atoms with van der Waals surface area (Å²) in [4.78, 5) is 32.3. The van der Waals surface area contributed by atoms with Gasteiger partial charge in [0.05, 0.1) is 23.1 Å². The molecule has 0 aliphatic heterocycles. The minimum atomic E-state index is -4.48. The van der Waals surface area contributed by atoms with Crippen LogP contribution in [0.3, 0.4) is 0 Å². The third-order valence-corrected chi connectivity index (χ3v) is 9.39. The predicted octanol–water partition coefficient (Wildman–Crippen LogP) is 7.52. The Labute approximate surface area is 251 Å². The van der Waals surface area contributed by atoms with Crippen LogP contribution in [0.4, 0.5) is 5.82 Å². The normalized spacial score (nSPS) is 14.2. The number of nitrogens with zero attached hydrogens (tertiary/aromatic N) is 4. The molecule has 40 heavy (non-hydrogen) atoms. The number of rotatable bonds is 23. The highest BCUT2D eigenvalue weighted by Gasteiger charge is 2.34. The van der Waals surface area contributed by atoms with Crippen LogP contribution in [0.15, 0.2) is 12.7 Å². The van der Waals surface area contributed by atoms with Crippen LogP contribution in [-0.4, -0.2) is 45.3 Å². The molecule has 230 valence electrons. The number of hydrogen-bond donors (Lipinski definition) is 5. The van der Waals surface area contributed by atoms with Crippen molar-refractivity contribution in [3.8, 4) is 0 Å². The molecule has 2 aromatic heterocycles. The fourth-order valence-corrected chi connectivity index (χ4v) is 6.42. The quantitative estimate of drug-likeness (QED) is 0.0374. The smallest absolute Gasteiger partial charge is 0.354 e. The molecule has 2 heterocycles. The Bertz CT molecular complexity index is 1020. The van der Waals surface area contributed by atoms with Gasteiger partial charge < -0.3 is 24.8 Å². The van der Waals surface area contributed by atoms with E-state index >= 15 is 0 Å². The van der Waals surface area contributed by atoms with Gasteiger partial charge in [-0.2, -0.15) is 25.3 Å². The molecule has 0 unspecified atom stereocenters. The summed E-state index contributed by atoms with van der Waals surface area (Å²) in [5.74, 6) is -0.949. The molecule has 0 bridgehead atoms. The van der Waals surface area contributed by atoms with Gasteiger partial charge in [-0.1, -0.05) is 96.8 Å². The van der Waals surface area contributed by atoms with E-state index in [2.05, 4.69) is 21.9 Å². The predicted molar refractivity (Wildman–Crippen MR) is 171 cm³/mol. The molecule has 2 atom stereocenters. The van der Waals surface area contributed by atoms with Crippen molar-refractivity contribution in [3.05, 3.63) is 12.7 Å². The summed E-state index contributed by atoms with van der Waals surface area (Å²) in [6, 6.07) is 0. The number of nitrogens with two attached hydrogens (primary N) is 1. The number of anilines is 1. The van der Waals surface area contributed by atoms with Crippen LogP contribution in [0.1, 0.15) is 123 Å². The number of thiol groups is 2. The second-order valence-corrected chi connectivity index (χ2v) is 15.0. The van der Waals surface area contributed by atoms with Crippen LogP contribution < -0.4 is 5.73 Å². The molecular formula is C28H52N5O4PS2. The van der Waals surface area contributed by atoms with Crippen molar-refractivity contribution in [3.63, 3.8) is 0 Å². The van der Waals surface area contributed by atoms with Gasteiger partial charge in [-0.15, -0.1) is 0 Å². The summed E-state index contributed by atoms with van der Waals surface area (Å²) >= 11 is 9.41. The summed E-state index contributed by atoms with van der Waals surface area (Å²) in [5.41, 5.74) is 6.88. The molecule has 0 saturated heterocycles. The Morgan fingerprint density at radius 3 is 2.02 bits per heavy atom. The Hall–Kier alpha value is -0.840. The lowest BCUT2D eigenvalue weighted by atomic mass is 10.0. The molecule has 0 fully saturated rings. The monoisotopic (exact) mass is 617 g/mol. The standard InChI is InChI=1S/C28H52N5O4PS2/c1-3-4-5-6-7-8-9-10-11-12-13-14-15-16-18-28(39,40)19-17-24(38(34,35)36)37-23(2)20-33-22-32-25-26(29)30-21-31-27(25)33/h21-24,39-40H,3-20H2,1-2H3,(H2,29,30,31)(H2,34,35,36)/t23-,24-/m1/s1.